The van der Waals surface area contributed by atoms with Crippen LogP contribution in [0, 0.1) is 5.92 Å². The van der Waals surface area contributed by atoms with Crippen molar-refractivity contribution in [3.8, 4) is 0 Å². The van der Waals surface area contributed by atoms with Gasteiger partial charge in [-0.3, -0.25) is 9.59 Å². The predicted octanol–water partition coefficient (Wildman–Crippen LogP) is 1.18. The summed E-state index contributed by atoms with van der Waals surface area (Å²) >= 11 is 0. The van der Waals surface area contributed by atoms with Crippen LogP contribution in [-0.4, -0.2) is 36.3 Å². The third kappa shape index (κ3) is 3.68. The number of carbonyl (C=O) groups excluding carboxylic acids is 2. The SMILES string of the molecule is C=C(C(=O)N(CC)CC)C(C)C(=O)NCC. The van der Waals surface area contributed by atoms with Gasteiger partial charge in [-0.1, -0.05) is 6.58 Å². The highest BCUT2D eigenvalue weighted by Crippen LogP contribution is 2.11. The van der Waals surface area contributed by atoms with Crippen molar-refractivity contribution >= 4 is 11.8 Å². The first-order chi connectivity index (χ1) is 7.49. The summed E-state index contributed by atoms with van der Waals surface area (Å²) in [6.45, 7) is 12.9. The van der Waals surface area contributed by atoms with Crippen LogP contribution in [0.3, 0.4) is 0 Å². The molecule has 0 aliphatic carbocycles. The largest absolute Gasteiger partial charge is 0.356 e. The lowest BCUT2D eigenvalue weighted by Crippen LogP contribution is -2.37. The first-order valence-corrected chi connectivity index (χ1v) is 5.75. The van der Waals surface area contributed by atoms with E-state index in [0.717, 1.165) is 0 Å². The van der Waals surface area contributed by atoms with Gasteiger partial charge in [0.25, 0.3) is 0 Å². The second-order valence-electron chi connectivity index (χ2n) is 3.62. The molecular weight excluding hydrogens is 204 g/mol. The average molecular weight is 226 g/mol. The monoisotopic (exact) mass is 226 g/mol. The summed E-state index contributed by atoms with van der Waals surface area (Å²) in [6.07, 6.45) is 0. The Balaban J connectivity index is 4.54. The fraction of sp³-hybridized carbons (Fsp3) is 0.667. The van der Waals surface area contributed by atoms with Gasteiger partial charge in [-0.2, -0.15) is 0 Å². The molecule has 1 N–H and O–H groups in total. The molecule has 0 bridgehead atoms. The lowest BCUT2D eigenvalue weighted by Gasteiger charge is -2.22. The van der Waals surface area contributed by atoms with Crippen LogP contribution in [0.1, 0.15) is 27.7 Å². The molecule has 1 unspecified atom stereocenters. The molecule has 2 amide bonds. The number of hydrogen-bond acceptors (Lipinski definition) is 2. The van der Waals surface area contributed by atoms with Crippen LogP contribution < -0.4 is 5.32 Å². The molecular formula is C12H22N2O2. The van der Waals surface area contributed by atoms with Gasteiger partial charge in [-0.15, -0.1) is 0 Å². The van der Waals surface area contributed by atoms with Gasteiger partial charge in [0.2, 0.25) is 11.8 Å². The molecule has 1 atom stereocenters. The van der Waals surface area contributed by atoms with Gasteiger partial charge in [0.15, 0.2) is 0 Å². The van der Waals surface area contributed by atoms with Gasteiger partial charge in [-0.05, 0) is 27.7 Å². The fourth-order valence-electron chi connectivity index (χ4n) is 1.38. The highest BCUT2D eigenvalue weighted by Gasteiger charge is 2.23. The third-order valence-electron chi connectivity index (χ3n) is 2.59. The number of rotatable bonds is 6. The van der Waals surface area contributed by atoms with E-state index in [0.29, 0.717) is 25.2 Å². The minimum absolute atomic E-state index is 0.135. The van der Waals surface area contributed by atoms with E-state index < -0.39 is 5.92 Å². The molecule has 4 heteroatoms. The van der Waals surface area contributed by atoms with E-state index in [1.807, 2.05) is 20.8 Å². The van der Waals surface area contributed by atoms with Crippen LogP contribution in [0.25, 0.3) is 0 Å². The molecule has 0 radical (unpaired) electrons. The van der Waals surface area contributed by atoms with Gasteiger partial charge in [0, 0.05) is 25.2 Å². The zero-order valence-corrected chi connectivity index (χ0v) is 10.7. The molecule has 92 valence electrons. The Labute approximate surface area is 97.7 Å². The first kappa shape index (κ1) is 14.7. The Morgan fingerprint density at radius 2 is 1.75 bits per heavy atom. The quantitative estimate of drug-likeness (QED) is 0.691. The van der Waals surface area contributed by atoms with Gasteiger partial charge >= 0.3 is 0 Å². The standard InChI is InChI=1S/C12H22N2O2/c1-6-13-11(15)9(4)10(5)12(16)14(7-2)8-3/h9H,5-8H2,1-4H3,(H,13,15). The second-order valence-corrected chi connectivity index (χ2v) is 3.62. The highest BCUT2D eigenvalue weighted by molar-refractivity contribution is 5.99. The Kier molecular flexibility index (Phi) is 6.46. The topological polar surface area (TPSA) is 49.4 Å². The molecule has 0 saturated heterocycles. The van der Waals surface area contributed by atoms with Crippen molar-refractivity contribution in [3.05, 3.63) is 12.2 Å². The maximum Gasteiger partial charge on any atom is 0.249 e. The summed E-state index contributed by atoms with van der Waals surface area (Å²) in [6, 6.07) is 0. The molecule has 0 aromatic rings. The van der Waals surface area contributed by atoms with Crippen molar-refractivity contribution in [1.82, 2.24) is 10.2 Å². The molecule has 0 fully saturated rings. The molecule has 4 nitrogen and oxygen atoms in total. The molecule has 0 aromatic carbocycles. The van der Waals surface area contributed by atoms with E-state index in [1.165, 1.54) is 0 Å². The van der Waals surface area contributed by atoms with E-state index in [4.69, 9.17) is 0 Å². The molecule has 0 rings (SSSR count). The van der Waals surface area contributed by atoms with Crippen LogP contribution in [0.2, 0.25) is 0 Å². The number of amides is 2. The number of nitrogens with one attached hydrogen (secondary N) is 1. The van der Waals surface area contributed by atoms with Crippen LogP contribution >= 0.6 is 0 Å². The van der Waals surface area contributed by atoms with E-state index in [1.54, 1.807) is 11.8 Å². The van der Waals surface area contributed by atoms with Gasteiger partial charge < -0.3 is 10.2 Å². The highest BCUT2D eigenvalue weighted by atomic mass is 16.2. The van der Waals surface area contributed by atoms with Gasteiger partial charge in [-0.25, -0.2) is 0 Å². The van der Waals surface area contributed by atoms with Crippen LogP contribution in [0.5, 0.6) is 0 Å². The van der Waals surface area contributed by atoms with Crippen molar-refractivity contribution in [3.63, 3.8) is 0 Å². The molecule has 0 saturated carbocycles. The van der Waals surface area contributed by atoms with Crippen LogP contribution in [-0.2, 0) is 9.59 Å². The molecule has 0 spiro atoms. The zero-order chi connectivity index (χ0) is 12.7. The van der Waals surface area contributed by atoms with Crippen molar-refractivity contribution in [2.45, 2.75) is 27.7 Å². The third-order valence-corrected chi connectivity index (χ3v) is 2.59. The van der Waals surface area contributed by atoms with E-state index in [9.17, 15) is 9.59 Å². The number of hydrogen-bond donors (Lipinski definition) is 1. The van der Waals surface area contributed by atoms with E-state index in [2.05, 4.69) is 11.9 Å². The fourth-order valence-corrected chi connectivity index (χ4v) is 1.38. The number of nitrogens with zero attached hydrogens (tertiary/aromatic N) is 1. The maximum absolute atomic E-state index is 11.9. The maximum atomic E-state index is 11.9. The Bertz CT molecular complexity index is 270. The van der Waals surface area contributed by atoms with Gasteiger partial charge in [0.1, 0.15) is 0 Å². The van der Waals surface area contributed by atoms with Crippen molar-refractivity contribution < 1.29 is 9.59 Å². The van der Waals surface area contributed by atoms with Crippen molar-refractivity contribution in [2.75, 3.05) is 19.6 Å². The minimum atomic E-state index is -0.465. The summed E-state index contributed by atoms with van der Waals surface area (Å²) in [7, 11) is 0. The zero-order valence-electron chi connectivity index (χ0n) is 10.7. The van der Waals surface area contributed by atoms with E-state index in [-0.39, 0.29) is 11.8 Å². The normalized spacial score (nSPS) is 11.8. The lowest BCUT2D eigenvalue weighted by molar-refractivity contribution is -0.130. The van der Waals surface area contributed by atoms with Crippen LogP contribution in [0.4, 0.5) is 0 Å². The molecule has 0 aliphatic heterocycles. The van der Waals surface area contributed by atoms with Gasteiger partial charge in [0.05, 0.1) is 5.92 Å². The second kappa shape index (κ2) is 7.04. The number of likely N-dealkylation sites (N-methyl/N-ethyl adjacent to an activating group) is 1. The lowest BCUT2D eigenvalue weighted by atomic mass is 10.0. The molecule has 0 heterocycles. The Morgan fingerprint density at radius 3 is 2.12 bits per heavy atom. The molecule has 0 aliphatic rings. The molecule has 16 heavy (non-hydrogen) atoms. The first-order valence-electron chi connectivity index (χ1n) is 5.75. The predicted molar refractivity (Wildman–Crippen MR) is 64.9 cm³/mol. The van der Waals surface area contributed by atoms with Crippen molar-refractivity contribution in [1.29, 1.82) is 0 Å². The summed E-state index contributed by atoms with van der Waals surface area (Å²) in [4.78, 5) is 25.1. The average Bonchev–Trinajstić information content (AvgIpc) is 2.28. The summed E-state index contributed by atoms with van der Waals surface area (Å²) in [5.74, 6) is -0.746. The summed E-state index contributed by atoms with van der Waals surface area (Å²) in [5.41, 5.74) is 0.356. The molecule has 0 aromatic heterocycles. The van der Waals surface area contributed by atoms with Crippen molar-refractivity contribution in [2.24, 2.45) is 5.92 Å². The van der Waals surface area contributed by atoms with Crippen LogP contribution in [0.15, 0.2) is 12.2 Å². The summed E-state index contributed by atoms with van der Waals surface area (Å²) in [5, 5.41) is 2.69. The Hall–Kier alpha value is -1.32. The van der Waals surface area contributed by atoms with E-state index >= 15 is 0 Å². The smallest absolute Gasteiger partial charge is 0.249 e. The minimum Gasteiger partial charge on any atom is -0.356 e. The summed E-state index contributed by atoms with van der Waals surface area (Å²) < 4.78 is 0. The number of carbonyl (C=O) groups is 2. The Morgan fingerprint density at radius 1 is 1.25 bits per heavy atom.